The van der Waals surface area contributed by atoms with Gasteiger partial charge in [0.1, 0.15) is 17.8 Å². The van der Waals surface area contributed by atoms with Gasteiger partial charge in [-0.15, -0.1) is 0 Å². The summed E-state index contributed by atoms with van der Waals surface area (Å²) in [4.78, 5) is 29.6. The Kier molecular flexibility index (Phi) is 6.24. The summed E-state index contributed by atoms with van der Waals surface area (Å²) in [5, 5.41) is 1.71. The fourth-order valence-corrected chi connectivity index (χ4v) is 4.76. The number of aromatic nitrogens is 3. The lowest BCUT2D eigenvalue weighted by Crippen LogP contribution is -2.49. The maximum atomic E-state index is 13.0. The first-order chi connectivity index (χ1) is 16.5. The van der Waals surface area contributed by atoms with Gasteiger partial charge in [-0.2, -0.15) is 0 Å². The Labute approximate surface area is 204 Å². The number of nitrogens with zero attached hydrogens (tertiary/aromatic N) is 4. The molecule has 174 valence electrons. The highest BCUT2D eigenvalue weighted by atomic mass is 35.5. The summed E-state index contributed by atoms with van der Waals surface area (Å²) in [6.07, 6.45) is 2.09. The molecule has 0 unspecified atom stereocenters. The van der Waals surface area contributed by atoms with Crippen LogP contribution >= 0.6 is 11.6 Å². The normalized spacial score (nSPS) is 15.0. The molecular weight excluding hydrogens is 446 g/mol. The van der Waals surface area contributed by atoms with Crippen molar-refractivity contribution in [2.75, 3.05) is 31.1 Å². The Balaban J connectivity index is 1.26. The number of hydrogen-bond donors (Lipinski definition) is 1. The number of aromatic amines is 1. The number of nitrogens with one attached hydrogen (secondary N) is 1. The average molecular weight is 474 g/mol. The van der Waals surface area contributed by atoms with E-state index >= 15 is 0 Å². The van der Waals surface area contributed by atoms with E-state index in [0.29, 0.717) is 24.5 Å². The largest absolute Gasteiger partial charge is 0.352 e. The third-order valence-corrected chi connectivity index (χ3v) is 6.83. The first-order valence-electron chi connectivity index (χ1n) is 11.7. The topological polar surface area (TPSA) is 65.1 Å². The van der Waals surface area contributed by atoms with Crippen molar-refractivity contribution in [3.8, 4) is 11.3 Å². The van der Waals surface area contributed by atoms with Crippen LogP contribution in [-0.4, -0.2) is 51.9 Å². The van der Waals surface area contributed by atoms with Crippen LogP contribution in [0.5, 0.6) is 0 Å². The van der Waals surface area contributed by atoms with E-state index in [-0.39, 0.29) is 11.8 Å². The second-order valence-corrected chi connectivity index (χ2v) is 9.47. The number of H-pyrrole nitrogens is 1. The molecule has 0 saturated carbocycles. The number of piperazine rings is 1. The molecular formula is C27H28ClN5O. The van der Waals surface area contributed by atoms with Gasteiger partial charge in [-0.1, -0.05) is 60.5 Å². The van der Waals surface area contributed by atoms with E-state index in [1.54, 1.807) is 6.33 Å². The van der Waals surface area contributed by atoms with Gasteiger partial charge in [0.2, 0.25) is 5.91 Å². The molecule has 1 aliphatic rings. The SMILES string of the molecule is Cc1ccc(-c2cc3c(N4CCN(C(=O)C[C@@H](C)c5cccc(Cl)c5)CC4)ncnc3[nH]2)cc1. The third-order valence-electron chi connectivity index (χ3n) is 6.60. The van der Waals surface area contributed by atoms with Crippen LogP contribution in [0.2, 0.25) is 5.02 Å². The van der Waals surface area contributed by atoms with Crippen molar-refractivity contribution in [1.29, 1.82) is 0 Å². The van der Waals surface area contributed by atoms with Gasteiger partial charge < -0.3 is 14.8 Å². The molecule has 0 spiro atoms. The number of hydrogen-bond acceptors (Lipinski definition) is 4. The van der Waals surface area contributed by atoms with Crippen molar-refractivity contribution in [2.24, 2.45) is 0 Å². The van der Waals surface area contributed by atoms with Crippen LogP contribution in [0.4, 0.5) is 5.82 Å². The van der Waals surface area contributed by atoms with Gasteiger partial charge in [-0.3, -0.25) is 4.79 Å². The molecule has 1 atom stereocenters. The second-order valence-electron chi connectivity index (χ2n) is 9.04. The van der Waals surface area contributed by atoms with E-state index in [1.165, 1.54) is 5.56 Å². The second kappa shape index (κ2) is 9.47. The van der Waals surface area contributed by atoms with Crippen LogP contribution in [0.3, 0.4) is 0 Å². The van der Waals surface area contributed by atoms with E-state index in [0.717, 1.165) is 46.8 Å². The highest BCUT2D eigenvalue weighted by Gasteiger charge is 2.25. The Hall–Kier alpha value is -3.38. The predicted molar refractivity (Wildman–Crippen MR) is 137 cm³/mol. The minimum atomic E-state index is 0.130. The first-order valence-corrected chi connectivity index (χ1v) is 12.0. The molecule has 4 aromatic rings. The fourth-order valence-electron chi connectivity index (χ4n) is 4.56. The van der Waals surface area contributed by atoms with Gasteiger partial charge in [0.05, 0.1) is 5.39 Å². The number of benzene rings is 2. The third kappa shape index (κ3) is 4.64. The Morgan fingerprint density at radius 1 is 1.06 bits per heavy atom. The van der Waals surface area contributed by atoms with Crippen LogP contribution in [0, 0.1) is 6.92 Å². The smallest absolute Gasteiger partial charge is 0.223 e. The molecule has 3 heterocycles. The molecule has 7 heteroatoms. The van der Waals surface area contributed by atoms with Crippen LogP contribution in [0.1, 0.15) is 30.4 Å². The van der Waals surface area contributed by atoms with Crippen molar-refractivity contribution in [3.05, 3.63) is 77.1 Å². The van der Waals surface area contributed by atoms with Crippen molar-refractivity contribution >= 4 is 34.4 Å². The molecule has 2 aromatic heterocycles. The molecule has 1 aliphatic heterocycles. The molecule has 1 N–H and O–H groups in total. The lowest BCUT2D eigenvalue weighted by molar-refractivity contribution is -0.131. The predicted octanol–water partition coefficient (Wildman–Crippen LogP) is 5.43. The van der Waals surface area contributed by atoms with Gasteiger partial charge >= 0.3 is 0 Å². The van der Waals surface area contributed by atoms with Gasteiger partial charge in [0.15, 0.2) is 0 Å². The molecule has 5 rings (SSSR count). The quantitative estimate of drug-likeness (QED) is 0.419. The van der Waals surface area contributed by atoms with E-state index < -0.39 is 0 Å². The zero-order valence-electron chi connectivity index (χ0n) is 19.5. The Morgan fingerprint density at radius 2 is 1.82 bits per heavy atom. The lowest BCUT2D eigenvalue weighted by atomic mass is 9.97. The fraction of sp³-hybridized carbons (Fsp3) is 0.296. The van der Waals surface area contributed by atoms with Crippen LogP contribution < -0.4 is 4.90 Å². The summed E-state index contributed by atoms with van der Waals surface area (Å²) in [6, 6.07) is 18.3. The van der Waals surface area contributed by atoms with Gasteiger partial charge in [0.25, 0.3) is 0 Å². The number of carbonyl (C=O) groups excluding carboxylic acids is 1. The number of anilines is 1. The maximum absolute atomic E-state index is 13.0. The highest BCUT2D eigenvalue weighted by molar-refractivity contribution is 6.30. The molecule has 34 heavy (non-hydrogen) atoms. The van der Waals surface area contributed by atoms with Gasteiger partial charge in [-0.05, 0) is 42.2 Å². The summed E-state index contributed by atoms with van der Waals surface area (Å²) in [5.41, 5.74) is 5.31. The summed E-state index contributed by atoms with van der Waals surface area (Å²) in [6.45, 7) is 7.02. The van der Waals surface area contributed by atoms with Crippen LogP contribution in [-0.2, 0) is 4.79 Å². The summed E-state index contributed by atoms with van der Waals surface area (Å²) in [5.74, 6) is 1.23. The van der Waals surface area contributed by atoms with Crippen LogP contribution in [0.15, 0.2) is 60.9 Å². The van der Waals surface area contributed by atoms with Crippen molar-refractivity contribution in [3.63, 3.8) is 0 Å². The molecule has 1 fully saturated rings. The Morgan fingerprint density at radius 3 is 2.56 bits per heavy atom. The molecule has 0 aliphatic carbocycles. The Bertz CT molecular complexity index is 1310. The number of amides is 1. The summed E-state index contributed by atoms with van der Waals surface area (Å²) < 4.78 is 0. The number of halogens is 1. The monoisotopic (exact) mass is 473 g/mol. The average Bonchev–Trinajstić information content (AvgIpc) is 3.29. The lowest BCUT2D eigenvalue weighted by Gasteiger charge is -2.36. The number of fused-ring (bicyclic) bond motifs is 1. The minimum Gasteiger partial charge on any atom is -0.352 e. The van der Waals surface area contributed by atoms with Crippen LogP contribution in [0.25, 0.3) is 22.3 Å². The minimum absolute atomic E-state index is 0.130. The van der Waals surface area contributed by atoms with Crippen molar-refractivity contribution < 1.29 is 4.79 Å². The number of rotatable bonds is 5. The molecule has 6 nitrogen and oxygen atoms in total. The molecule has 2 aromatic carbocycles. The van der Waals surface area contributed by atoms with E-state index in [1.807, 2.05) is 29.2 Å². The zero-order valence-corrected chi connectivity index (χ0v) is 20.2. The van der Waals surface area contributed by atoms with Gasteiger partial charge in [0, 0.05) is 43.3 Å². The summed E-state index contributed by atoms with van der Waals surface area (Å²) in [7, 11) is 0. The van der Waals surface area contributed by atoms with Crippen molar-refractivity contribution in [2.45, 2.75) is 26.2 Å². The van der Waals surface area contributed by atoms with E-state index in [4.69, 9.17) is 11.6 Å². The molecule has 1 saturated heterocycles. The number of aryl methyl sites for hydroxylation is 1. The summed E-state index contributed by atoms with van der Waals surface area (Å²) >= 11 is 6.12. The first kappa shape index (κ1) is 22.4. The number of carbonyl (C=O) groups is 1. The van der Waals surface area contributed by atoms with E-state index in [9.17, 15) is 4.79 Å². The molecule has 0 radical (unpaired) electrons. The van der Waals surface area contributed by atoms with Crippen molar-refractivity contribution in [1.82, 2.24) is 19.9 Å². The maximum Gasteiger partial charge on any atom is 0.223 e. The van der Waals surface area contributed by atoms with E-state index in [2.05, 4.69) is 64.0 Å². The standard InChI is InChI=1S/C27H28ClN5O/c1-18-6-8-20(9-7-18)24-16-23-26(31-24)29-17-30-27(23)33-12-10-32(11-13-33)25(34)14-19(2)21-4-3-5-22(28)15-21/h3-9,15-17,19H,10-14H2,1-2H3,(H,29,30,31)/t19-/m1/s1. The zero-order chi connectivity index (χ0) is 23.7. The van der Waals surface area contributed by atoms with Gasteiger partial charge in [-0.25, -0.2) is 9.97 Å². The highest BCUT2D eigenvalue weighted by Crippen LogP contribution is 2.30. The molecule has 1 amide bonds. The molecule has 0 bridgehead atoms.